The third-order valence-corrected chi connectivity index (χ3v) is 5.32. The van der Waals surface area contributed by atoms with Crippen molar-refractivity contribution >= 4 is 5.96 Å². The lowest BCUT2D eigenvalue weighted by molar-refractivity contribution is 0.184. The van der Waals surface area contributed by atoms with Crippen molar-refractivity contribution in [2.45, 2.75) is 32.0 Å². The summed E-state index contributed by atoms with van der Waals surface area (Å²) in [7, 11) is 3.55. The van der Waals surface area contributed by atoms with Crippen LogP contribution in [0.4, 0.5) is 0 Å². The fourth-order valence-electron chi connectivity index (χ4n) is 3.81. The minimum atomic E-state index is 0.364. The molecule has 0 spiro atoms. The lowest BCUT2D eigenvalue weighted by Gasteiger charge is -2.29. The van der Waals surface area contributed by atoms with E-state index in [0.717, 1.165) is 32.1 Å². The predicted octanol–water partition coefficient (Wildman–Crippen LogP) is 3.34. The van der Waals surface area contributed by atoms with Gasteiger partial charge in [0, 0.05) is 27.2 Å². The average Bonchev–Trinajstić information content (AvgIpc) is 3.27. The first kappa shape index (κ1) is 20.4. The number of rotatable bonds is 8. The Hall–Kier alpha value is -2.37. The average molecular weight is 381 g/mol. The molecular weight excluding hydrogens is 348 g/mol. The smallest absolute Gasteiger partial charge is 0.191 e. The van der Waals surface area contributed by atoms with Gasteiger partial charge in [-0.3, -0.25) is 9.89 Å². The van der Waals surface area contributed by atoms with Gasteiger partial charge in [0.25, 0.3) is 0 Å². The molecule has 3 rings (SSSR count). The first-order valence-electron chi connectivity index (χ1n) is 10.1. The second-order valence-electron chi connectivity index (χ2n) is 7.18. The molecule has 0 aromatic heterocycles. The number of nitrogens with one attached hydrogen (secondary N) is 2. The molecule has 28 heavy (non-hydrogen) atoms. The Kier molecular flexibility index (Phi) is 7.88. The van der Waals surface area contributed by atoms with Crippen molar-refractivity contribution < 1.29 is 4.74 Å². The third kappa shape index (κ3) is 5.57. The van der Waals surface area contributed by atoms with E-state index in [4.69, 9.17) is 4.74 Å². The summed E-state index contributed by atoms with van der Waals surface area (Å²) in [4.78, 5) is 6.99. The van der Waals surface area contributed by atoms with Gasteiger partial charge < -0.3 is 15.4 Å². The Morgan fingerprint density at radius 2 is 1.68 bits per heavy atom. The number of likely N-dealkylation sites (tertiary alicyclic amines) is 1. The molecular formula is C23H32N4O. The van der Waals surface area contributed by atoms with Crippen LogP contribution in [0.3, 0.4) is 0 Å². The van der Waals surface area contributed by atoms with E-state index in [9.17, 15) is 0 Å². The number of ether oxygens (including phenoxy) is 1. The van der Waals surface area contributed by atoms with Crippen LogP contribution in [0.1, 0.15) is 35.6 Å². The molecule has 0 aliphatic carbocycles. The van der Waals surface area contributed by atoms with Crippen molar-refractivity contribution in [3.05, 3.63) is 71.3 Å². The number of nitrogens with zero attached hydrogens (tertiary/aromatic N) is 2. The monoisotopic (exact) mass is 380 g/mol. The normalized spacial score (nSPS) is 16.1. The van der Waals surface area contributed by atoms with Crippen LogP contribution in [-0.4, -0.2) is 44.7 Å². The molecule has 0 amide bonds. The number of methoxy groups -OCH3 is 1. The molecule has 2 N–H and O–H groups in total. The van der Waals surface area contributed by atoms with Crippen molar-refractivity contribution in [1.82, 2.24) is 15.5 Å². The highest BCUT2D eigenvalue weighted by Gasteiger charge is 2.23. The maximum Gasteiger partial charge on any atom is 0.191 e. The van der Waals surface area contributed by atoms with Crippen LogP contribution in [0.25, 0.3) is 0 Å². The Labute approximate surface area is 168 Å². The number of benzene rings is 2. The summed E-state index contributed by atoms with van der Waals surface area (Å²) >= 11 is 0. The lowest BCUT2D eigenvalue weighted by Crippen LogP contribution is -2.42. The molecule has 1 atom stereocenters. The summed E-state index contributed by atoms with van der Waals surface area (Å²) in [5.74, 6) is 0.826. The SMILES string of the molecule is CN=C(NCc1ccccc1COC)NCC(c1ccccc1)N1CCCC1. The van der Waals surface area contributed by atoms with E-state index < -0.39 is 0 Å². The van der Waals surface area contributed by atoms with Gasteiger partial charge in [-0.25, -0.2) is 0 Å². The van der Waals surface area contributed by atoms with Crippen LogP contribution in [0, 0.1) is 0 Å². The molecule has 2 aromatic carbocycles. The molecule has 1 unspecified atom stereocenters. The van der Waals surface area contributed by atoms with Crippen LogP contribution < -0.4 is 10.6 Å². The Morgan fingerprint density at radius 3 is 2.36 bits per heavy atom. The minimum absolute atomic E-state index is 0.364. The van der Waals surface area contributed by atoms with Crippen molar-refractivity contribution in [1.29, 1.82) is 0 Å². The second kappa shape index (κ2) is 10.8. The number of guanidine groups is 1. The van der Waals surface area contributed by atoms with E-state index in [1.807, 2.05) is 13.1 Å². The highest BCUT2D eigenvalue weighted by atomic mass is 16.5. The molecule has 0 bridgehead atoms. The van der Waals surface area contributed by atoms with Crippen LogP contribution >= 0.6 is 0 Å². The molecule has 1 aliphatic heterocycles. The van der Waals surface area contributed by atoms with Crippen LogP contribution in [0.15, 0.2) is 59.6 Å². The van der Waals surface area contributed by atoms with Gasteiger partial charge in [-0.15, -0.1) is 0 Å². The van der Waals surface area contributed by atoms with Gasteiger partial charge in [0.1, 0.15) is 0 Å². The first-order valence-corrected chi connectivity index (χ1v) is 10.1. The topological polar surface area (TPSA) is 48.9 Å². The maximum atomic E-state index is 5.31. The summed E-state index contributed by atoms with van der Waals surface area (Å²) in [5.41, 5.74) is 3.79. The largest absolute Gasteiger partial charge is 0.380 e. The highest BCUT2D eigenvalue weighted by molar-refractivity contribution is 5.79. The second-order valence-corrected chi connectivity index (χ2v) is 7.18. The Morgan fingerprint density at radius 1 is 1.00 bits per heavy atom. The first-order chi connectivity index (χ1) is 13.8. The molecule has 0 radical (unpaired) electrons. The fraction of sp³-hybridized carbons (Fsp3) is 0.435. The van der Waals surface area contributed by atoms with E-state index >= 15 is 0 Å². The quantitative estimate of drug-likeness (QED) is 0.545. The van der Waals surface area contributed by atoms with Crippen LogP contribution in [-0.2, 0) is 17.9 Å². The van der Waals surface area contributed by atoms with Crippen molar-refractivity contribution in [3.63, 3.8) is 0 Å². The van der Waals surface area contributed by atoms with Gasteiger partial charge in [-0.05, 0) is 42.6 Å². The molecule has 5 nitrogen and oxygen atoms in total. The zero-order chi connectivity index (χ0) is 19.6. The third-order valence-electron chi connectivity index (χ3n) is 5.32. The van der Waals surface area contributed by atoms with Gasteiger partial charge >= 0.3 is 0 Å². The summed E-state index contributed by atoms with van der Waals surface area (Å²) in [6.07, 6.45) is 2.57. The van der Waals surface area contributed by atoms with E-state index in [1.165, 1.54) is 29.5 Å². The molecule has 150 valence electrons. The van der Waals surface area contributed by atoms with Crippen LogP contribution in [0.2, 0.25) is 0 Å². The summed E-state index contributed by atoms with van der Waals surface area (Å²) in [6.45, 7) is 4.51. The lowest BCUT2D eigenvalue weighted by atomic mass is 10.1. The van der Waals surface area contributed by atoms with Gasteiger partial charge in [-0.2, -0.15) is 0 Å². The number of aliphatic imine (C=N–C) groups is 1. The molecule has 1 fully saturated rings. The molecule has 5 heteroatoms. The predicted molar refractivity (Wildman–Crippen MR) is 115 cm³/mol. The van der Waals surface area contributed by atoms with E-state index in [0.29, 0.717) is 12.6 Å². The molecule has 1 heterocycles. The molecule has 1 aliphatic rings. The number of hydrogen-bond acceptors (Lipinski definition) is 3. The summed E-state index contributed by atoms with van der Waals surface area (Å²) in [5, 5.41) is 6.98. The standard InChI is InChI=1S/C23H32N4O/c1-24-23(25-16-20-12-6-7-13-21(20)18-28-2)26-17-22(27-14-8-9-15-27)19-10-4-3-5-11-19/h3-7,10-13,22H,8-9,14-18H2,1-2H3,(H2,24,25,26). The minimum Gasteiger partial charge on any atom is -0.380 e. The summed E-state index contributed by atoms with van der Waals surface area (Å²) < 4.78 is 5.31. The zero-order valence-electron chi connectivity index (χ0n) is 17.0. The zero-order valence-corrected chi connectivity index (χ0v) is 17.0. The van der Waals surface area contributed by atoms with E-state index in [2.05, 4.69) is 69.1 Å². The maximum absolute atomic E-state index is 5.31. The molecule has 2 aromatic rings. The van der Waals surface area contributed by atoms with Gasteiger partial charge in [0.15, 0.2) is 5.96 Å². The van der Waals surface area contributed by atoms with E-state index in [-0.39, 0.29) is 0 Å². The number of hydrogen-bond donors (Lipinski definition) is 2. The van der Waals surface area contributed by atoms with Gasteiger partial charge in [0.2, 0.25) is 0 Å². The van der Waals surface area contributed by atoms with E-state index in [1.54, 1.807) is 7.11 Å². The van der Waals surface area contributed by atoms with Crippen molar-refractivity contribution in [2.75, 3.05) is 33.8 Å². The fourth-order valence-corrected chi connectivity index (χ4v) is 3.81. The van der Waals surface area contributed by atoms with Gasteiger partial charge in [0.05, 0.1) is 12.6 Å². The van der Waals surface area contributed by atoms with Gasteiger partial charge in [-0.1, -0.05) is 54.6 Å². The highest BCUT2D eigenvalue weighted by Crippen LogP contribution is 2.24. The van der Waals surface area contributed by atoms with Crippen molar-refractivity contribution in [3.8, 4) is 0 Å². The summed E-state index contributed by atoms with van der Waals surface area (Å²) in [6, 6.07) is 19.5. The van der Waals surface area contributed by atoms with Crippen molar-refractivity contribution in [2.24, 2.45) is 4.99 Å². The van der Waals surface area contributed by atoms with Crippen LogP contribution in [0.5, 0.6) is 0 Å². The molecule has 1 saturated heterocycles. The Bertz CT molecular complexity index is 741. The Balaban J connectivity index is 1.60. The molecule has 0 saturated carbocycles.